The van der Waals surface area contributed by atoms with Gasteiger partial charge in [-0.25, -0.2) is 4.79 Å². The lowest BCUT2D eigenvalue weighted by molar-refractivity contribution is -0.385. The van der Waals surface area contributed by atoms with E-state index in [1.807, 2.05) is 0 Å². The zero-order valence-corrected chi connectivity index (χ0v) is 20.4. The van der Waals surface area contributed by atoms with Crippen LogP contribution >= 0.6 is 11.8 Å². The van der Waals surface area contributed by atoms with Crippen LogP contribution in [0.5, 0.6) is 5.75 Å². The van der Waals surface area contributed by atoms with Crippen molar-refractivity contribution in [3.8, 4) is 5.75 Å². The van der Waals surface area contributed by atoms with Crippen LogP contribution in [0.1, 0.15) is 28.8 Å². The molecule has 1 aromatic carbocycles. The van der Waals surface area contributed by atoms with Gasteiger partial charge in [0.1, 0.15) is 41.8 Å². The highest BCUT2D eigenvalue weighted by Crippen LogP contribution is 2.40. The SMILES string of the molecule is CC(=O)OCC1=C(C(=O)O)N2C(=O)[C@@H](NC(=O)c3ccc(COc4ccc([N+](=O)[O-])c(C)c4)o3)[C@@H]2SC1. The molecule has 0 radical (unpaired) electrons. The maximum atomic E-state index is 12.7. The molecule has 1 aromatic heterocycles. The maximum absolute atomic E-state index is 12.7. The van der Waals surface area contributed by atoms with Gasteiger partial charge in [0, 0.05) is 29.9 Å². The van der Waals surface area contributed by atoms with E-state index in [4.69, 9.17) is 13.9 Å². The molecule has 1 fully saturated rings. The quantitative estimate of drug-likeness (QED) is 0.209. The molecule has 37 heavy (non-hydrogen) atoms. The minimum absolute atomic E-state index is 0.0314. The van der Waals surface area contributed by atoms with Crippen molar-refractivity contribution >= 4 is 41.2 Å². The molecule has 2 aromatic rings. The number of carbonyl (C=O) groups excluding carboxylic acids is 3. The number of esters is 1. The van der Waals surface area contributed by atoms with Crippen LogP contribution in [0.25, 0.3) is 0 Å². The molecule has 2 N–H and O–H groups in total. The number of amides is 2. The number of aryl methyl sites for hydroxylation is 1. The first-order chi connectivity index (χ1) is 17.6. The number of nitro benzene ring substituents is 1. The lowest BCUT2D eigenvalue weighted by Crippen LogP contribution is -2.70. The Morgan fingerprint density at radius 2 is 2.03 bits per heavy atom. The number of ether oxygens (including phenoxy) is 2. The number of nitrogens with one attached hydrogen (secondary N) is 1. The molecular formula is C23H21N3O10S. The second-order valence-corrected chi connectivity index (χ2v) is 9.26. The Hall–Kier alpha value is -4.33. The smallest absolute Gasteiger partial charge is 0.352 e. The highest BCUT2D eigenvalue weighted by molar-refractivity contribution is 8.00. The Bertz CT molecular complexity index is 1330. The number of fused-ring (bicyclic) bond motifs is 1. The van der Waals surface area contributed by atoms with Gasteiger partial charge < -0.3 is 24.3 Å². The summed E-state index contributed by atoms with van der Waals surface area (Å²) >= 11 is 1.24. The predicted molar refractivity (Wildman–Crippen MR) is 127 cm³/mol. The number of carbonyl (C=O) groups is 4. The number of benzene rings is 1. The van der Waals surface area contributed by atoms with E-state index >= 15 is 0 Å². The van der Waals surface area contributed by atoms with Crippen LogP contribution in [0.3, 0.4) is 0 Å². The van der Waals surface area contributed by atoms with E-state index in [1.165, 1.54) is 49.0 Å². The van der Waals surface area contributed by atoms with E-state index in [9.17, 15) is 34.4 Å². The van der Waals surface area contributed by atoms with Gasteiger partial charge in [0.2, 0.25) is 0 Å². The molecule has 0 unspecified atom stereocenters. The van der Waals surface area contributed by atoms with Gasteiger partial charge in [-0.2, -0.15) is 0 Å². The Morgan fingerprint density at radius 1 is 1.27 bits per heavy atom. The van der Waals surface area contributed by atoms with Crippen molar-refractivity contribution in [2.24, 2.45) is 0 Å². The third-order valence-electron chi connectivity index (χ3n) is 5.62. The van der Waals surface area contributed by atoms with E-state index in [1.54, 1.807) is 6.92 Å². The fraction of sp³-hybridized carbons (Fsp3) is 0.304. The summed E-state index contributed by atoms with van der Waals surface area (Å²) in [6, 6.07) is 6.26. The standard InChI is InChI=1S/C23H21N3O10S/c1-11-7-14(3-5-16(11)26(32)33)35-9-15-4-6-17(36-15)20(28)24-18-21(29)25-19(23(30)31)13(8-34-12(2)27)10-37-22(18)25/h3-7,18,22H,8-10H2,1-2H3,(H,24,28)(H,30,31)/t18-,22+/m1/s1. The molecular weight excluding hydrogens is 510 g/mol. The predicted octanol–water partition coefficient (Wildman–Crippen LogP) is 1.99. The van der Waals surface area contributed by atoms with Crippen LogP contribution in [0.15, 0.2) is 46.0 Å². The Kier molecular flexibility index (Phi) is 7.20. The van der Waals surface area contributed by atoms with Gasteiger partial charge in [-0.3, -0.25) is 29.4 Å². The van der Waals surface area contributed by atoms with Crippen molar-refractivity contribution in [3.63, 3.8) is 0 Å². The number of rotatable bonds is 9. The summed E-state index contributed by atoms with van der Waals surface area (Å²) in [6.45, 7) is 2.50. The number of β-lactam (4-membered cyclic amide) rings is 1. The summed E-state index contributed by atoms with van der Waals surface area (Å²) in [5.74, 6) is -2.35. The minimum atomic E-state index is -1.33. The van der Waals surface area contributed by atoms with Gasteiger partial charge in [-0.1, -0.05) is 0 Å². The number of furan rings is 1. The number of aliphatic carboxylic acids is 1. The fourth-order valence-corrected chi connectivity index (χ4v) is 5.18. The normalized spacial score (nSPS) is 18.5. The first kappa shape index (κ1) is 25.8. The molecule has 0 bridgehead atoms. The van der Waals surface area contributed by atoms with Gasteiger partial charge in [-0.05, 0) is 31.2 Å². The van der Waals surface area contributed by atoms with E-state index < -0.39 is 40.1 Å². The average molecular weight is 531 g/mol. The minimum Gasteiger partial charge on any atom is -0.486 e. The topological polar surface area (TPSA) is 179 Å². The second-order valence-electron chi connectivity index (χ2n) is 8.16. The fourth-order valence-electron chi connectivity index (χ4n) is 3.85. The van der Waals surface area contributed by atoms with Crippen molar-refractivity contribution in [1.82, 2.24) is 10.2 Å². The van der Waals surface area contributed by atoms with Crippen molar-refractivity contribution < 1.29 is 43.1 Å². The summed E-state index contributed by atoms with van der Waals surface area (Å²) in [5.41, 5.74) is 0.442. The highest BCUT2D eigenvalue weighted by atomic mass is 32.2. The summed E-state index contributed by atoms with van der Waals surface area (Å²) in [4.78, 5) is 59.8. The first-order valence-corrected chi connectivity index (χ1v) is 11.9. The van der Waals surface area contributed by atoms with Gasteiger partial charge in [0.05, 0.1) is 4.92 Å². The van der Waals surface area contributed by atoms with E-state index in [2.05, 4.69) is 5.32 Å². The molecule has 2 atom stereocenters. The molecule has 2 amide bonds. The second kappa shape index (κ2) is 10.3. The van der Waals surface area contributed by atoms with E-state index in [0.29, 0.717) is 22.6 Å². The van der Waals surface area contributed by atoms with Gasteiger partial charge >= 0.3 is 11.9 Å². The first-order valence-electron chi connectivity index (χ1n) is 10.9. The lowest BCUT2D eigenvalue weighted by Gasteiger charge is -2.49. The molecule has 13 nitrogen and oxygen atoms in total. The molecule has 14 heteroatoms. The number of hydrogen-bond acceptors (Lipinski definition) is 10. The molecule has 2 aliphatic heterocycles. The monoisotopic (exact) mass is 531 g/mol. The third-order valence-corrected chi connectivity index (χ3v) is 6.96. The zero-order valence-electron chi connectivity index (χ0n) is 19.6. The molecule has 0 spiro atoms. The molecule has 0 saturated carbocycles. The molecule has 2 aliphatic rings. The van der Waals surface area contributed by atoms with Gasteiger partial charge in [0.25, 0.3) is 17.5 Å². The Balaban J connectivity index is 1.37. The number of carboxylic acids is 1. The number of nitrogens with zero attached hydrogens (tertiary/aromatic N) is 2. The van der Waals surface area contributed by atoms with Crippen LogP contribution in [0.4, 0.5) is 5.69 Å². The number of hydrogen-bond donors (Lipinski definition) is 2. The summed E-state index contributed by atoms with van der Waals surface area (Å²) in [7, 11) is 0. The van der Waals surface area contributed by atoms with Crippen LogP contribution in [0.2, 0.25) is 0 Å². The van der Waals surface area contributed by atoms with Crippen molar-refractivity contribution in [2.75, 3.05) is 12.4 Å². The Morgan fingerprint density at radius 3 is 2.68 bits per heavy atom. The summed E-state index contributed by atoms with van der Waals surface area (Å²) in [5, 5.41) is 22.5. The van der Waals surface area contributed by atoms with Gasteiger partial charge in [0.15, 0.2) is 5.76 Å². The number of carboxylic acid groups (broad SMARTS) is 1. The van der Waals surface area contributed by atoms with Crippen molar-refractivity contribution in [3.05, 3.63) is 68.8 Å². The number of nitro groups is 1. The van der Waals surface area contributed by atoms with E-state index in [-0.39, 0.29) is 36.1 Å². The molecule has 1 saturated heterocycles. The van der Waals surface area contributed by atoms with Crippen molar-refractivity contribution in [1.29, 1.82) is 0 Å². The maximum Gasteiger partial charge on any atom is 0.352 e. The highest BCUT2D eigenvalue weighted by Gasteiger charge is 2.54. The van der Waals surface area contributed by atoms with Crippen LogP contribution < -0.4 is 10.1 Å². The summed E-state index contributed by atoms with van der Waals surface area (Å²) < 4.78 is 16.0. The average Bonchev–Trinajstić information content (AvgIpc) is 3.32. The van der Waals surface area contributed by atoms with Gasteiger partial charge in [-0.15, -0.1) is 11.8 Å². The molecule has 4 rings (SSSR count). The van der Waals surface area contributed by atoms with Crippen LogP contribution in [0, 0.1) is 17.0 Å². The number of thioether (sulfide) groups is 1. The van der Waals surface area contributed by atoms with Crippen LogP contribution in [-0.4, -0.2) is 62.5 Å². The van der Waals surface area contributed by atoms with E-state index in [0.717, 1.165) is 4.90 Å². The van der Waals surface area contributed by atoms with Crippen molar-refractivity contribution in [2.45, 2.75) is 31.9 Å². The zero-order chi connectivity index (χ0) is 26.9. The Labute approximate surface area is 213 Å². The lowest BCUT2D eigenvalue weighted by atomic mass is 10.0. The molecule has 194 valence electrons. The summed E-state index contributed by atoms with van der Waals surface area (Å²) in [6.07, 6.45) is 0. The van der Waals surface area contributed by atoms with Crippen LogP contribution in [-0.2, 0) is 25.7 Å². The third kappa shape index (κ3) is 5.28. The largest absolute Gasteiger partial charge is 0.486 e. The molecule has 0 aliphatic carbocycles. The molecule has 3 heterocycles.